The van der Waals surface area contributed by atoms with E-state index in [1.54, 1.807) is 0 Å². The van der Waals surface area contributed by atoms with E-state index in [-0.39, 0.29) is 0 Å². The molecule has 0 fully saturated rings. The Morgan fingerprint density at radius 1 is 0.250 bits per heavy atom. The maximum Gasteiger partial charge on any atom is 0.0541 e. The van der Waals surface area contributed by atoms with Crippen LogP contribution in [0.4, 0.5) is 17.1 Å². The van der Waals surface area contributed by atoms with Crippen molar-refractivity contribution in [1.82, 2.24) is 4.57 Å². The lowest BCUT2D eigenvalue weighted by atomic mass is 9.98. The van der Waals surface area contributed by atoms with Crippen LogP contribution in [0, 0.1) is 0 Å². The van der Waals surface area contributed by atoms with Crippen LogP contribution < -0.4 is 4.90 Å². The highest BCUT2D eigenvalue weighted by molar-refractivity contribution is 6.11. The molecule has 0 aliphatic carbocycles. The van der Waals surface area contributed by atoms with Crippen molar-refractivity contribution in [3.05, 3.63) is 231 Å². The quantitative estimate of drug-likeness (QED) is 0.152. The number of nitrogens with zero attached hydrogens (tertiary/aromatic N) is 2. The largest absolute Gasteiger partial charge is 0.311 e. The van der Waals surface area contributed by atoms with Gasteiger partial charge in [-0.05, 0) is 117 Å². The Kier molecular flexibility index (Phi) is 8.55. The molecule has 0 aliphatic rings. The van der Waals surface area contributed by atoms with Gasteiger partial charge in [0.2, 0.25) is 0 Å². The van der Waals surface area contributed by atoms with Gasteiger partial charge < -0.3 is 9.47 Å². The van der Waals surface area contributed by atoms with Crippen LogP contribution in [0.5, 0.6) is 0 Å². The van der Waals surface area contributed by atoms with Crippen LogP contribution in [0.25, 0.3) is 72.0 Å². The second-order valence-electron chi connectivity index (χ2n) is 14.2. The third kappa shape index (κ3) is 6.24. The van der Waals surface area contributed by atoms with E-state index in [1.807, 2.05) is 0 Å². The molecule has 0 atom stereocenters. The highest BCUT2D eigenvalue weighted by Crippen LogP contribution is 2.39. The molecule has 10 aromatic rings. The topological polar surface area (TPSA) is 8.17 Å². The van der Waals surface area contributed by atoms with Crippen molar-refractivity contribution >= 4 is 38.9 Å². The third-order valence-corrected chi connectivity index (χ3v) is 10.8. The van der Waals surface area contributed by atoms with Gasteiger partial charge in [-0.2, -0.15) is 0 Å². The number of benzene rings is 9. The molecule has 0 amide bonds. The zero-order chi connectivity index (χ0) is 37.3. The molecule has 9 aromatic carbocycles. The molecule has 0 saturated heterocycles. The molecule has 2 heteroatoms. The predicted molar refractivity (Wildman–Crippen MR) is 237 cm³/mol. The van der Waals surface area contributed by atoms with Crippen molar-refractivity contribution in [3.8, 4) is 50.2 Å². The van der Waals surface area contributed by atoms with Gasteiger partial charge in [-0.3, -0.25) is 0 Å². The van der Waals surface area contributed by atoms with Crippen molar-refractivity contribution in [1.29, 1.82) is 0 Å². The Labute approximate surface area is 327 Å². The summed E-state index contributed by atoms with van der Waals surface area (Å²) >= 11 is 0. The standard InChI is InChI=1S/C54H38N2/c1-5-13-39(14-6-1)42-25-31-49(32-26-42)55(47-17-9-3-10-18-47)50-33-27-43(28-34-50)41-21-23-44(24-22-41)46-30-36-54-52(38-46)51-37-45(40-15-7-2-8-16-40)29-35-53(51)56(54)48-19-11-4-12-20-48/h1-38H. The van der Waals surface area contributed by atoms with Crippen molar-refractivity contribution in [2.45, 2.75) is 0 Å². The summed E-state index contributed by atoms with van der Waals surface area (Å²) in [7, 11) is 0. The number of fused-ring (bicyclic) bond motifs is 3. The van der Waals surface area contributed by atoms with Crippen LogP contribution >= 0.6 is 0 Å². The maximum absolute atomic E-state index is 2.38. The van der Waals surface area contributed by atoms with E-state index in [0.717, 1.165) is 22.7 Å². The number of hydrogen-bond donors (Lipinski definition) is 0. The summed E-state index contributed by atoms with van der Waals surface area (Å²) in [6, 6.07) is 82.9. The van der Waals surface area contributed by atoms with Crippen LogP contribution in [-0.2, 0) is 0 Å². The van der Waals surface area contributed by atoms with E-state index in [9.17, 15) is 0 Å². The molecule has 1 heterocycles. The number of para-hydroxylation sites is 2. The molecule has 0 spiro atoms. The van der Waals surface area contributed by atoms with Gasteiger partial charge >= 0.3 is 0 Å². The summed E-state index contributed by atoms with van der Waals surface area (Å²) in [6.07, 6.45) is 0. The van der Waals surface area contributed by atoms with E-state index in [0.29, 0.717) is 0 Å². The molecule has 1 aromatic heterocycles. The molecule has 56 heavy (non-hydrogen) atoms. The zero-order valence-electron chi connectivity index (χ0n) is 30.8. The molecule has 0 saturated carbocycles. The third-order valence-electron chi connectivity index (χ3n) is 10.8. The van der Waals surface area contributed by atoms with Gasteiger partial charge in [-0.15, -0.1) is 0 Å². The first-order valence-electron chi connectivity index (χ1n) is 19.2. The Morgan fingerprint density at radius 3 is 1.00 bits per heavy atom. The molecule has 0 radical (unpaired) electrons. The summed E-state index contributed by atoms with van der Waals surface area (Å²) in [5.41, 5.74) is 16.6. The second-order valence-corrected chi connectivity index (χ2v) is 14.2. The van der Waals surface area contributed by atoms with Gasteiger partial charge in [0, 0.05) is 33.5 Å². The first kappa shape index (κ1) is 33.2. The van der Waals surface area contributed by atoms with Gasteiger partial charge in [-0.1, -0.05) is 158 Å². The first-order chi connectivity index (χ1) is 27.8. The number of hydrogen-bond acceptors (Lipinski definition) is 1. The lowest BCUT2D eigenvalue weighted by Gasteiger charge is -2.26. The van der Waals surface area contributed by atoms with Gasteiger partial charge in [-0.25, -0.2) is 0 Å². The van der Waals surface area contributed by atoms with Gasteiger partial charge in [0.05, 0.1) is 11.0 Å². The molecule has 0 N–H and O–H groups in total. The SMILES string of the molecule is c1ccc(-c2ccc(N(c3ccccc3)c3ccc(-c4ccc(-c5ccc6c(c5)c5cc(-c7ccccc7)ccc5n6-c5ccccc5)cc4)cc3)cc2)cc1. The highest BCUT2D eigenvalue weighted by Gasteiger charge is 2.16. The van der Waals surface area contributed by atoms with Crippen molar-refractivity contribution in [3.63, 3.8) is 0 Å². The Morgan fingerprint density at radius 2 is 0.554 bits per heavy atom. The van der Waals surface area contributed by atoms with Gasteiger partial charge in [0.25, 0.3) is 0 Å². The van der Waals surface area contributed by atoms with Crippen LogP contribution in [-0.4, -0.2) is 4.57 Å². The Hall–Kier alpha value is -7.42. The van der Waals surface area contributed by atoms with Crippen LogP contribution in [0.2, 0.25) is 0 Å². The number of anilines is 3. The molecule has 0 aliphatic heterocycles. The van der Waals surface area contributed by atoms with E-state index in [4.69, 9.17) is 0 Å². The Balaban J connectivity index is 0.972. The van der Waals surface area contributed by atoms with Gasteiger partial charge in [0.1, 0.15) is 0 Å². The molecule has 10 rings (SSSR count). The summed E-state index contributed by atoms with van der Waals surface area (Å²) in [5.74, 6) is 0. The van der Waals surface area contributed by atoms with E-state index < -0.39 is 0 Å². The smallest absolute Gasteiger partial charge is 0.0541 e. The molecule has 264 valence electrons. The summed E-state index contributed by atoms with van der Waals surface area (Å²) in [6.45, 7) is 0. The Bertz CT molecular complexity index is 2900. The van der Waals surface area contributed by atoms with Crippen LogP contribution in [0.1, 0.15) is 0 Å². The fourth-order valence-corrected chi connectivity index (χ4v) is 7.98. The zero-order valence-corrected chi connectivity index (χ0v) is 30.8. The predicted octanol–water partition coefficient (Wildman–Crippen LogP) is 14.9. The fourth-order valence-electron chi connectivity index (χ4n) is 7.98. The van der Waals surface area contributed by atoms with E-state index in [1.165, 1.54) is 66.3 Å². The van der Waals surface area contributed by atoms with Gasteiger partial charge in [0.15, 0.2) is 0 Å². The molecular formula is C54H38N2. The highest BCUT2D eigenvalue weighted by atomic mass is 15.1. The van der Waals surface area contributed by atoms with Crippen molar-refractivity contribution in [2.24, 2.45) is 0 Å². The normalized spacial score (nSPS) is 11.2. The van der Waals surface area contributed by atoms with E-state index in [2.05, 4.69) is 240 Å². The fraction of sp³-hybridized carbons (Fsp3) is 0. The first-order valence-corrected chi connectivity index (χ1v) is 19.2. The average molecular weight is 715 g/mol. The molecule has 0 bridgehead atoms. The van der Waals surface area contributed by atoms with Crippen molar-refractivity contribution in [2.75, 3.05) is 4.90 Å². The van der Waals surface area contributed by atoms with Crippen LogP contribution in [0.3, 0.4) is 0 Å². The van der Waals surface area contributed by atoms with E-state index >= 15 is 0 Å². The van der Waals surface area contributed by atoms with Crippen LogP contribution in [0.15, 0.2) is 231 Å². The maximum atomic E-state index is 2.38. The minimum Gasteiger partial charge on any atom is -0.311 e. The minimum atomic E-state index is 1.11. The number of aromatic nitrogens is 1. The molecule has 0 unspecified atom stereocenters. The lowest BCUT2D eigenvalue weighted by Crippen LogP contribution is -2.09. The minimum absolute atomic E-state index is 1.11. The molecule has 2 nitrogen and oxygen atoms in total. The lowest BCUT2D eigenvalue weighted by molar-refractivity contribution is 1.18. The monoisotopic (exact) mass is 714 g/mol. The summed E-state index contributed by atoms with van der Waals surface area (Å²) in [5, 5.41) is 2.50. The average Bonchev–Trinajstić information content (AvgIpc) is 3.61. The van der Waals surface area contributed by atoms with Crippen molar-refractivity contribution < 1.29 is 0 Å². The summed E-state index contributed by atoms with van der Waals surface area (Å²) in [4.78, 5) is 2.31. The molecular weight excluding hydrogens is 677 g/mol. The second kappa shape index (κ2) is 14.4. The summed E-state index contributed by atoms with van der Waals surface area (Å²) < 4.78 is 2.38. The number of rotatable bonds is 8.